The van der Waals surface area contributed by atoms with E-state index in [2.05, 4.69) is 22.9 Å². The summed E-state index contributed by atoms with van der Waals surface area (Å²) in [4.78, 5) is 25.7. The number of rotatable bonds is 5. The molecule has 2 rings (SSSR count). The number of likely N-dealkylation sites (tertiary alicyclic amines) is 1. The summed E-state index contributed by atoms with van der Waals surface area (Å²) in [6.45, 7) is 3.39. The maximum absolute atomic E-state index is 12.1. The number of carbonyl (C=O) groups excluding carboxylic acids is 2. The summed E-state index contributed by atoms with van der Waals surface area (Å²) in [5.74, 6) is 0.332. The lowest BCUT2D eigenvalue weighted by Crippen LogP contribution is -2.30. The largest absolute Gasteiger partial charge is 0.445 e. The lowest BCUT2D eigenvalue weighted by atomic mass is 9.91. The van der Waals surface area contributed by atoms with E-state index in [1.54, 1.807) is 4.90 Å². The quantitative estimate of drug-likeness (QED) is 0.763. The second-order valence-electron chi connectivity index (χ2n) is 5.32. The number of ether oxygens (including phenoxy) is 1. The maximum atomic E-state index is 12.1. The van der Waals surface area contributed by atoms with Crippen molar-refractivity contribution in [3.8, 4) is 0 Å². The number of carbonyl (C=O) groups is 2. The molecule has 0 aliphatic carbocycles. The summed E-state index contributed by atoms with van der Waals surface area (Å²) in [6.07, 6.45) is 0.563. The molecule has 1 amide bonds. The molecule has 0 spiro atoms. The molecule has 21 heavy (non-hydrogen) atoms. The molecule has 1 aromatic rings. The van der Waals surface area contributed by atoms with Gasteiger partial charge in [-0.25, -0.2) is 4.79 Å². The number of alkyl halides is 1. The minimum Gasteiger partial charge on any atom is -0.445 e. The summed E-state index contributed by atoms with van der Waals surface area (Å²) >= 11 is 3.22. The van der Waals surface area contributed by atoms with E-state index in [1.165, 1.54) is 0 Å². The number of hydrogen-bond acceptors (Lipinski definition) is 3. The predicted octanol–water partition coefficient (Wildman–Crippen LogP) is 3.25. The molecule has 0 unspecified atom stereocenters. The van der Waals surface area contributed by atoms with E-state index in [1.807, 2.05) is 30.3 Å². The van der Waals surface area contributed by atoms with Crippen LogP contribution in [0.3, 0.4) is 0 Å². The first-order valence-electron chi connectivity index (χ1n) is 7.20. The van der Waals surface area contributed by atoms with Gasteiger partial charge in [0, 0.05) is 19.0 Å². The van der Waals surface area contributed by atoms with Crippen LogP contribution in [0.5, 0.6) is 0 Å². The van der Waals surface area contributed by atoms with E-state index in [0.29, 0.717) is 18.4 Å². The lowest BCUT2D eigenvalue weighted by Gasteiger charge is -2.16. The molecule has 0 aromatic heterocycles. The Hall–Kier alpha value is -1.36. The first-order valence-corrected chi connectivity index (χ1v) is 8.32. The van der Waals surface area contributed by atoms with Crippen molar-refractivity contribution < 1.29 is 14.3 Å². The van der Waals surface area contributed by atoms with E-state index >= 15 is 0 Å². The van der Waals surface area contributed by atoms with Gasteiger partial charge in [-0.15, -0.1) is 0 Å². The van der Waals surface area contributed by atoms with Gasteiger partial charge in [0.25, 0.3) is 0 Å². The fourth-order valence-electron chi connectivity index (χ4n) is 2.71. The fourth-order valence-corrected chi connectivity index (χ4v) is 3.12. The summed E-state index contributed by atoms with van der Waals surface area (Å²) < 4.78 is 5.33. The third-order valence-corrected chi connectivity index (χ3v) is 4.53. The molecule has 4 nitrogen and oxygen atoms in total. The van der Waals surface area contributed by atoms with Crippen molar-refractivity contribution in [2.45, 2.75) is 20.0 Å². The Balaban J connectivity index is 1.90. The van der Waals surface area contributed by atoms with Gasteiger partial charge in [0.15, 0.2) is 0 Å². The molecule has 0 radical (unpaired) electrons. The zero-order valence-electron chi connectivity index (χ0n) is 12.1. The zero-order valence-corrected chi connectivity index (χ0v) is 13.7. The highest BCUT2D eigenvalue weighted by molar-refractivity contribution is 9.09. The van der Waals surface area contributed by atoms with E-state index in [4.69, 9.17) is 4.74 Å². The van der Waals surface area contributed by atoms with Gasteiger partial charge in [0.2, 0.25) is 0 Å². The number of benzene rings is 1. The average molecular weight is 354 g/mol. The fraction of sp³-hybridized carbons (Fsp3) is 0.500. The van der Waals surface area contributed by atoms with Gasteiger partial charge in [-0.05, 0) is 11.5 Å². The second kappa shape index (κ2) is 7.59. The highest BCUT2D eigenvalue weighted by atomic mass is 79.9. The van der Waals surface area contributed by atoms with Gasteiger partial charge in [0.1, 0.15) is 12.4 Å². The van der Waals surface area contributed by atoms with Crippen LogP contribution >= 0.6 is 15.9 Å². The van der Waals surface area contributed by atoms with E-state index < -0.39 is 0 Å². The van der Waals surface area contributed by atoms with Gasteiger partial charge in [-0.1, -0.05) is 59.6 Å². The topological polar surface area (TPSA) is 46.6 Å². The highest BCUT2D eigenvalue weighted by Crippen LogP contribution is 2.28. The lowest BCUT2D eigenvalue weighted by molar-refractivity contribution is -0.120. The van der Waals surface area contributed by atoms with Crippen LogP contribution in [0.1, 0.15) is 18.9 Å². The van der Waals surface area contributed by atoms with Crippen LogP contribution in [0.4, 0.5) is 4.79 Å². The van der Waals surface area contributed by atoms with Crippen LogP contribution in [0, 0.1) is 11.8 Å². The summed E-state index contributed by atoms with van der Waals surface area (Å²) in [6, 6.07) is 9.59. The molecule has 0 bridgehead atoms. The van der Waals surface area contributed by atoms with Crippen molar-refractivity contribution >= 4 is 27.8 Å². The zero-order chi connectivity index (χ0) is 15.2. The van der Waals surface area contributed by atoms with Crippen LogP contribution in [-0.2, 0) is 16.1 Å². The third kappa shape index (κ3) is 4.06. The summed E-state index contributed by atoms with van der Waals surface area (Å²) in [5.41, 5.74) is 0.963. The second-order valence-corrected chi connectivity index (χ2v) is 5.88. The van der Waals surface area contributed by atoms with Gasteiger partial charge in [0.05, 0.1) is 5.33 Å². The van der Waals surface area contributed by atoms with Crippen LogP contribution in [0.25, 0.3) is 0 Å². The first kappa shape index (κ1) is 16.0. The molecule has 1 aliphatic heterocycles. The van der Waals surface area contributed by atoms with E-state index in [9.17, 15) is 9.59 Å². The highest BCUT2D eigenvalue weighted by Gasteiger charge is 2.38. The number of nitrogens with zero attached hydrogens (tertiary/aromatic N) is 1. The number of hydrogen-bond donors (Lipinski definition) is 0. The number of Topliss-reactive ketones (excluding diaryl/α,β-unsaturated/α-hetero) is 1. The third-order valence-electron chi connectivity index (χ3n) is 3.97. The Morgan fingerprint density at radius 2 is 2.00 bits per heavy atom. The van der Waals surface area contributed by atoms with Crippen molar-refractivity contribution in [3.63, 3.8) is 0 Å². The first-order chi connectivity index (χ1) is 10.2. The normalized spacial score (nSPS) is 21.3. The maximum Gasteiger partial charge on any atom is 0.410 e. The molecule has 1 saturated heterocycles. The van der Waals surface area contributed by atoms with Gasteiger partial charge in [-0.2, -0.15) is 0 Å². The molecule has 0 N–H and O–H groups in total. The van der Waals surface area contributed by atoms with Crippen LogP contribution in [0.2, 0.25) is 0 Å². The van der Waals surface area contributed by atoms with Gasteiger partial charge in [-0.3, -0.25) is 4.79 Å². The van der Waals surface area contributed by atoms with Gasteiger partial charge < -0.3 is 9.64 Å². The molecule has 2 atom stereocenters. The SMILES string of the molecule is CC[C@H]1CN(C(=O)OCc2ccccc2)C[C@@H]1C(=O)CBr. The standard InChI is InChI=1S/C16H20BrNO3/c1-2-13-9-18(10-14(13)15(19)8-17)16(20)21-11-12-6-4-3-5-7-12/h3-7,13-14H,2,8-11H2,1H3/t13-,14-/m0/s1. The molecule has 1 heterocycles. The van der Waals surface area contributed by atoms with Crippen LogP contribution < -0.4 is 0 Å². The number of halogens is 1. The van der Waals surface area contributed by atoms with Crippen LogP contribution in [-0.4, -0.2) is 35.2 Å². The average Bonchev–Trinajstić information content (AvgIpc) is 2.97. The minimum absolute atomic E-state index is 0.0707. The Kier molecular flexibility index (Phi) is 5.79. The Morgan fingerprint density at radius 3 is 2.62 bits per heavy atom. The Morgan fingerprint density at radius 1 is 1.29 bits per heavy atom. The van der Waals surface area contributed by atoms with E-state index in [0.717, 1.165) is 12.0 Å². The van der Waals surface area contributed by atoms with Crippen molar-refractivity contribution in [1.29, 1.82) is 0 Å². The Bertz CT molecular complexity index is 492. The molecule has 1 fully saturated rings. The Labute approximate surface area is 133 Å². The molecule has 5 heteroatoms. The van der Waals surface area contributed by atoms with Crippen molar-refractivity contribution in [1.82, 2.24) is 4.90 Å². The summed E-state index contributed by atoms with van der Waals surface area (Å²) in [7, 11) is 0. The molecule has 114 valence electrons. The summed E-state index contributed by atoms with van der Waals surface area (Å²) in [5, 5.41) is 0.348. The van der Waals surface area contributed by atoms with Crippen molar-refractivity contribution in [3.05, 3.63) is 35.9 Å². The molecule has 1 aliphatic rings. The number of amides is 1. The van der Waals surface area contributed by atoms with Gasteiger partial charge >= 0.3 is 6.09 Å². The predicted molar refractivity (Wildman–Crippen MR) is 84.3 cm³/mol. The van der Waals surface area contributed by atoms with Crippen molar-refractivity contribution in [2.75, 3.05) is 18.4 Å². The van der Waals surface area contributed by atoms with E-state index in [-0.39, 0.29) is 30.3 Å². The molecule has 0 saturated carbocycles. The smallest absolute Gasteiger partial charge is 0.410 e. The number of ketones is 1. The van der Waals surface area contributed by atoms with Crippen molar-refractivity contribution in [2.24, 2.45) is 11.8 Å². The molecule has 1 aromatic carbocycles. The van der Waals surface area contributed by atoms with Crippen LogP contribution in [0.15, 0.2) is 30.3 Å². The monoisotopic (exact) mass is 353 g/mol. The molecular formula is C16H20BrNO3. The molecular weight excluding hydrogens is 334 g/mol. The minimum atomic E-state index is -0.331.